The number of piperidine rings is 1. The van der Waals surface area contributed by atoms with Crippen LogP contribution in [0, 0.1) is 0 Å². The topological polar surface area (TPSA) is 104 Å². The number of aromatic carboxylic acids is 1. The van der Waals surface area contributed by atoms with E-state index in [2.05, 4.69) is 5.32 Å². The Kier molecular flexibility index (Phi) is 6.05. The number of nitrogens with one attached hydrogen (secondary N) is 1. The van der Waals surface area contributed by atoms with E-state index in [9.17, 15) is 23.1 Å². The highest BCUT2D eigenvalue weighted by Crippen LogP contribution is 2.30. The van der Waals surface area contributed by atoms with E-state index in [1.54, 1.807) is 24.0 Å². The molecule has 1 fully saturated rings. The summed E-state index contributed by atoms with van der Waals surface area (Å²) in [5.74, 6) is -0.836. The number of urea groups is 1. The number of hydrogen-bond donors (Lipinski definition) is 2. The second kappa shape index (κ2) is 7.86. The molecule has 1 aromatic carbocycles. The van der Waals surface area contributed by atoms with Crippen molar-refractivity contribution in [3.63, 3.8) is 0 Å². The summed E-state index contributed by atoms with van der Waals surface area (Å²) in [6, 6.07) is 6.69. The average Bonchev–Trinajstić information content (AvgIpc) is 2.58. The van der Waals surface area contributed by atoms with E-state index in [0.717, 1.165) is 11.8 Å². The lowest BCUT2D eigenvalue weighted by Crippen LogP contribution is -2.46. The maximum Gasteiger partial charge on any atom is 0.335 e. The van der Waals surface area contributed by atoms with Crippen LogP contribution in [-0.4, -0.2) is 61.6 Å². The number of rotatable bonds is 5. The zero-order chi connectivity index (χ0) is 18.6. The highest BCUT2D eigenvalue weighted by Gasteiger charge is 2.27. The smallest absolute Gasteiger partial charge is 0.335 e. The lowest BCUT2D eigenvalue weighted by Gasteiger charge is -2.33. The van der Waals surface area contributed by atoms with Gasteiger partial charge in [-0.05, 0) is 37.3 Å². The third kappa shape index (κ3) is 4.94. The molecule has 1 atom stereocenters. The number of sulfone groups is 1. The number of hydrogen-bond acceptors (Lipinski definition) is 4. The van der Waals surface area contributed by atoms with Gasteiger partial charge in [0.05, 0.1) is 10.8 Å². The molecule has 0 aliphatic carbocycles. The van der Waals surface area contributed by atoms with E-state index in [1.807, 2.05) is 12.1 Å². The third-order valence-electron chi connectivity index (χ3n) is 4.68. The van der Waals surface area contributed by atoms with Gasteiger partial charge in [0.2, 0.25) is 0 Å². The number of carboxylic acid groups (broad SMARTS) is 1. The van der Waals surface area contributed by atoms with Crippen molar-refractivity contribution in [2.75, 3.05) is 25.9 Å². The Morgan fingerprint density at radius 3 is 2.44 bits per heavy atom. The van der Waals surface area contributed by atoms with Gasteiger partial charge in [-0.1, -0.05) is 18.2 Å². The summed E-state index contributed by atoms with van der Waals surface area (Å²) in [5.41, 5.74) is 1.12. The number of likely N-dealkylation sites (tertiary alicyclic amines) is 1. The van der Waals surface area contributed by atoms with Crippen LogP contribution in [0.3, 0.4) is 0 Å². The monoisotopic (exact) mass is 368 g/mol. The number of carbonyl (C=O) groups excluding carboxylic acids is 1. The molecule has 2 amide bonds. The fraction of sp³-hybridized carbons (Fsp3) is 0.529. The predicted octanol–water partition coefficient (Wildman–Crippen LogP) is 1.71. The van der Waals surface area contributed by atoms with Gasteiger partial charge >= 0.3 is 12.0 Å². The van der Waals surface area contributed by atoms with Crippen LogP contribution in [0.5, 0.6) is 0 Å². The minimum Gasteiger partial charge on any atom is -0.478 e. The molecule has 2 N–H and O–H groups in total. The summed E-state index contributed by atoms with van der Waals surface area (Å²) >= 11 is 0. The minimum atomic E-state index is -3.18. The zero-order valence-electron chi connectivity index (χ0n) is 14.4. The second-order valence-electron chi connectivity index (χ2n) is 6.48. The normalized spacial score (nSPS) is 17.1. The molecule has 138 valence electrons. The molecule has 0 aromatic heterocycles. The number of carboxylic acids is 1. The quantitative estimate of drug-likeness (QED) is 0.823. The van der Waals surface area contributed by atoms with Crippen LogP contribution >= 0.6 is 0 Å². The Morgan fingerprint density at radius 1 is 1.28 bits per heavy atom. The highest BCUT2D eigenvalue weighted by molar-refractivity contribution is 7.91. The summed E-state index contributed by atoms with van der Waals surface area (Å²) in [6.45, 7) is 2.67. The molecule has 0 saturated carbocycles. The van der Waals surface area contributed by atoms with Crippen molar-refractivity contribution in [2.45, 2.75) is 30.9 Å². The van der Waals surface area contributed by atoms with Gasteiger partial charge in [-0.3, -0.25) is 0 Å². The summed E-state index contributed by atoms with van der Waals surface area (Å²) in [5, 5.41) is 11.3. The van der Waals surface area contributed by atoms with Crippen LogP contribution in [0.4, 0.5) is 4.79 Å². The first kappa shape index (κ1) is 19.2. The third-order valence-corrected chi connectivity index (χ3v) is 6.31. The molecule has 1 heterocycles. The number of carbonyl (C=O) groups is 2. The molecule has 1 saturated heterocycles. The van der Waals surface area contributed by atoms with Crippen molar-refractivity contribution in [3.05, 3.63) is 35.4 Å². The molecule has 1 unspecified atom stereocenters. The molecule has 8 heteroatoms. The number of benzene rings is 1. The van der Waals surface area contributed by atoms with Crippen LogP contribution in [-0.2, 0) is 9.84 Å². The maximum absolute atomic E-state index is 12.2. The van der Waals surface area contributed by atoms with Crippen molar-refractivity contribution in [1.29, 1.82) is 0 Å². The van der Waals surface area contributed by atoms with Gasteiger partial charge in [-0.25, -0.2) is 18.0 Å². The van der Waals surface area contributed by atoms with Crippen LogP contribution in [0.2, 0.25) is 0 Å². The lowest BCUT2D eigenvalue weighted by molar-refractivity contribution is 0.0694. The van der Waals surface area contributed by atoms with Crippen LogP contribution < -0.4 is 5.32 Å². The van der Waals surface area contributed by atoms with Gasteiger partial charge < -0.3 is 15.3 Å². The molecule has 1 aromatic rings. The first-order valence-electron chi connectivity index (χ1n) is 8.24. The van der Waals surface area contributed by atoms with E-state index < -0.39 is 21.1 Å². The average molecular weight is 368 g/mol. The SMILES string of the molecule is CC(CNC(=O)N1CCC(c2ccccc2C(=O)O)CC1)S(C)(=O)=O. The summed E-state index contributed by atoms with van der Waals surface area (Å²) < 4.78 is 22.8. The molecule has 0 bridgehead atoms. The zero-order valence-corrected chi connectivity index (χ0v) is 15.3. The van der Waals surface area contributed by atoms with E-state index in [4.69, 9.17) is 0 Å². The van der Waals surface area contributed by atoms with Crippen molar-refractivity contribution in [3.8, 4) is 0 Å². The van der Waals surface area contributed by atoms with E-state index in [-0.39, 0.29) is 18.5 Å². The molecule has 1 aliphatic rings. The van der Waals surface area contributed by atoms with E-state index in [0.29, 0.717) is 31.5 Å². The maximum atomic E-state index is 12.2. The van der Waals surface area contributed by atoms with Gasteiger partial charge in [-0.2, -0.15) is 0 Å². The summed E-state index contributed by atoms with van der Waals surface area (Å²) in [4.78, 5) is 25.2. The molecular formula is C17H24N2O5S. The van der Waals surface area contributed by atoms with E-state index in [1.165, 1.54) is 0 Å². The van der Waals surface area contributed by atoms with Gasteiger partial charge in [0.1, 0.15) is 0 Å². The standard InChI is InChI=1S/C17H24N2O5S/c1-12(25(2,23)24)11-18-17(22)19-9-7-13(8-10-19)14-5-3-4-6-15(14)16(20)21/h3-6,12-13H,7-11H2,1-2H3,(H,18,22)(H,20,21). The Labute approximate surface area is 147 Å². The first-order chi connectivity index (χ1) is 11.7. The molecule has 7 nitrogen and oxygen atoms in total. The van der Waals surface area contributed by atoms with Gasteiger partial charge in [0.25, 0.3) is 0 Å². The van der Waals surface area contributed by atoms with Gasteiger partial charge in [-0.15, -0.1) is 0 Å². The molecular weight excluding hydrogens is 344 g/mol. The van der Waals surface area contributed by atoms with Gasteiger partial charge in [0, 0.05) is 25.9 Å². The molecule has 25 heavy (non-hydrogen) atoms. The number of nitrogens with zero attached hydrogens (tertiary/aromatic N) is 1. The molecule has 0 radical (unpaired) electrons. The molecule has 1 aliphatic heterocycles. The largest absolute Gasteiger partial charge is 0.478 e. The first-order valence-corrected chi connectivity index (χ1v) is 10.2. The minimum absolute atomic E-state index is 0.0828. The van der Waals surface area contributed by atoms with Crippen LogP contribution in [0.1, 0.15) is 41.6 Å². The number of amides is 2. The Hall–Kier alpha value is -2.09. The lowest BCUT2D eigenvalue weighted by atomic mass is 9.86. The van der Waals surface area contributed by atoms with Crippen molar-refractivity contribution < 1.29 is 23.1 Å². The fourth-order valence-corrected chi connectivity index (χ4v) is 3.32. The second-order valence-corrected chi connectivity index (χ2v) is 8.94. The Morgan fingerprint density at radius 2 is 1.88 bits per heavy atom. The Balaban J connectivity index is 1.92. The summed E-state index contributed by atoms with van der Waals surface area (Å²) in [7, 11) is -3.18. The van der Waals surface area contributed by atoms with Crippen molar-refractivity contribution >= 4 is 21.8 Å². The molecule has 2 rings (SSSR count). The predicted molar refractivity (Wildman–Crippen MR) is 94.7 cm³/mol. The molecule has 0 spiro atoms. The van der Waals surface area contributed by atoms with E-state index >= 15 is 0 Å². The summed E-state index contributed by atoms with van der Waals surface area (Å²) in [6.07, 6.45) is 2.51. The van der Waals surface area contributed by atoms with Crippen molar-refractivity contribution in [2.24, 2.45) is 0 Å². The highest BCUT2D eigenvalue weighted by atomic mass is 32.2. The van der Waals surface area contributed by atoms with Gasteiger partial charge in [0.15, 0.2) is 9.84 Å². The van der Waals surface area contributed by atoms with Crippen LogP contribution in [0.15, 0.2) is 24.3 Å². The fourth-order valence-electron chi connectivity index (χ4n) is 2.94. The van der Waals surface area contributed by atoms with Crippen molar-refractivity contribution in [1.82, 2.24) is 10.2 Å². The van der Waals surface area contributed by atoms with Crippen LogP contribution in [0.25, 0.3) is 0 Å². The Bertz CT molecular complexity index is 739.